The third-order valence-electron chi connectivity index (χ3n) is 12.6. The summed E-state index contributed by atoms with van der Waals surface area (Å²) < 4.78 is 11.3. The van der Waals surface area contributed by atoms with Crippen molar-refractivity contribution in [2.24, 2.45) is 0 Å². The molecule has 0 radical (unpaired) electrons. The number of ether oxygens (including phenoxy) is 2. The first-order chi connectivity index (χ1) is 30.2. The number of nitrogens with one attached hydrogen (secondary N) is 2. The average Bonchev–Trinajstić information content (AvgIpc) is 3.55. The molecule has 0 aromatic heterocycles. The Morgan fingerprint density at radius 2 is 1.41 bits per heavy atom. The Bertz CT molecular complexity index is 2900. The van der Waals surface area contributed by atoms with E-state index in [2.05, 4.69) is 29.6 Å². The minimum atomic E-state index is -0.818. The Labute approximate surface area is 368 Å². The van der Waals surface area contributed by atoms with E-state index in [1.807, 2.05) is 120 Å². The SMILES string of the molecule is Cc1cc2cc(C(=O)OCCCc3ccccc3)ccc2cc1C(C)(C)C(=N)/C=C1/C(=O)C(/C=C2/Nc3ccc4c(C(=O)OCCCc5ccccc5)cccc4c3C2(C)C)=C1O. The minimum absolute atomic E-state index is 0.0935. The first kappa shape index (κ1) is 42.6. The van der Waals surface area contributed by atoms with Gasteiger partial charge in [0.25, 0.3) is 0 Å². The number of carbonyl (C=O) groups is 3. The van der Waals surface area contributed by atoms with E-state index in [0.717, 1.165) is 75.3 Å². The summed E-state index contributed by atoms with van der Waals surface area (Å²) in [4.78, 5) is 39.9. The lowest BCUT2D eigenvalue weighted by Gasteiger charge is -2.29. The topological polar surface area (TPSA) is 126 Å². The lowest BCUT2D eigenvalue weighted by atomic mass is 9.74. The highest BCUT2D eigenvalue weighted by Gasteiger charge is 2.40. The van der Waals surface area contributed by atoms with Gasteiger partial charge in [-0.05, 0) is 124 Å². The third-order valence-corrected chi connectivity index (χ3v) is 12.6. The lowest BCUT2D eigenvalue weighted by Crippen LogP contribution is -2.31. The van der Waals surface area contributed by atoms with Gasteiger partial charge < -0.3 is 25.3 Å². The van der Waals surface area contributed by atoms with Crippen molar-refractivity contribution in [3.8, 4) is 0 Å². The van der Waals surface area contributed by atoms with Crippen molar-refractivity contribution in [1.82, 2.24) is 0 Å². The Balaban J connectivity index is 0.952. The van der Waals surface area contributed by atoms with Crippen molar-refractivity contribution in [2.75, 3.05) is 18.5 Å². The smallest absolute Gasteiger partial charge is 0.338 e. The Kier molecular flexibility index (Phi) is 11.7. The van der Waals surface area contributed by atoms with Crippen LogP contribution in [0.15, 0.2) is 156 Å². The molecule has 8 rings (SSSR count). The second-order valence-corrected chi connectivity index (χ2v) is 17.6. The highest BCUT2D eigenvalue weighted by Crippen LogP contribution is 2.48. The van der Waals surface area contributed by atoms with Gasteiger partial charge in [-0.2, -0.15) is 0 Å². The van der Waals surface area contributed by atoms with Gasteiger partial charge in [-0.3, -0.25) is 4.79 Å². The molecule has 3 N–H and O–H groups in total. The number of ketones is 1. The molecular formula is C55H52N2O6. The molecule has 8 nitrogen and oxygen atoms in total. The van der Waals surface area contributed by atoms with Crippen LogP contribution in [0.2, 0.25) is 0 Å². The Morgan fingerprint density at radius 1 is 0.762 bits per heavy atom. The van der Waals surface area contributed by atoms with Crippen LogP contribution in [0.25, 0.3) is 21.5 Å². The summed E-state index contributed by atoms with van der Waals surface area (Å²) in [5, 5.41) is 27.4. The van der Waals surface area contributed by atoms with Crippen molar-refractivity contribution in [3.63, 3.8) is 0 Å². The van der Waals surface area contributed by atoms with E-state index in [-0.39, 0.29) is 40.3 Å². The van der Waals surface area contributed by atoms with Gasteiger partial charge >= 0.3 is 11.9 Å². The summed E-state index contributed by atoms with van der Waals surface area (Å²) in [6.45, 7) is 10.6. The van der Waals surface area contributed by atoms with Crippen LogP contribution in [0.3, 0.4) is 0 Å². The van der Waals surface area contributed by atoms with Crippen molar-refractivity contribution in [2.45, 2.75) is 71.1 Å². The van der Waals surface area contributed by atoms with Gasteiger partial charge in [-0.1, -0.05) is 119 Å². The molecule has 318 valence electrons. The number of aliphatic hydroxyl groups excluding tert-OH is 1. The molecule has 1 aliphatic heterocycles. The third kappa shape index (κ3) is 8.46. The maximum atomic E-state index is 13.7. The van der Waals surface area contributed by atoms with Gasteiger partial charge in [0.05, 0.1) is 35.5 Å². The van der Waals surface area contributed by atoms with Crippen LogP contribution < -0.4 is 5.32 Å². The van der Waals surface area contributed by atoms with Gasteiger partial charge in [0, 0.05) is 27.9 Å². The predicted molar refractivity (Wildman–Crippen MR) is 251 cm³/mol. The average molecular weight is 837 g/mol. The first-order valence-corrected chi connectivity index (χ1v) is 21.6. The molecule has 1 aliphatic carbocycles. The number of aryl methyl sites for hydroxylation is 3. The molecule has 0 amide bonds. The number of hydrogen-bond acceptors (Lipinski definition) is 8. The molecule has 0 saturated carbocycles. The molecule has 6 aromatic rings. The molecule has 0 saturated heterocycles. The van der Waals surface area contributed by atoms with Crippen LogP contribution in [0.1, 0.15) is 89.1 Å². The number of anilines is 1. The second-order valence-electron chi connectivity index (χ2n) is 17.6. The molecule has 1 heterocycles. The van der Waals surface area contributed by atoms with E-state index in [0.29, 0.717) is 24.3 Å². The van der Waals surface area contributed by atoms with E-state index in [9.17, 15) is 24.9 Å². The van der Waals surface area contributed by atoms with Crippen LogP contribution in [0, 0.1) is 12.3 Å². The summed E-state index contributed by atoms with van der Waals surface area (Å²) in [6.07, 6.45) is 6.29. The van der Waals surface area contributed by atoms with Crippen molar-refractivity contribution >= 4 is 50.7 Å². The highest BCUT2D eigenvalue weighted by molar-refractivity contribution is 6.24. The Hall–Kier alpha value is -7.06. The Morgan fingerprint density at radius 3 is 2.06 bits per heavy atom. The molecule has 6 aromatic carbocycles. The normalized spacial score (nSPS) is 15.7. The van der Waals surface area contributed by atoms with Crippen LogP contribution >= 0.6 is 0 Å². The van der Waals surface area contributed by atoms with E-state index in [1.165, 1.54) is 17.2 Å². The number of esters is 2. The number of carbonyl (C=O) groups excluding carboxylic acids is 3. The molecule has 2 aliphatic rings. The number of aliphatic hydroxyl groups is 1. The van der Waals surface area contributed by atoms with Gasteiger partial charge in [0.2, 0.25) is 5.78 Å². The quantitative estimate of drug-likeness (QED) is 0.0432. The molecule has 0 spiro atoms. The fourth-order valence-electron chi connectivity index (χ4n) is 8.84. The van der Waals surface area contributed by atoms with Crippen LogP contribution in [0.5, 0.6) is 0 Å². The number of hydrogen-bond donors (Lipinski definition) is 3. The maximum Gasteiger partial charge on any atom is 0.338 e. The number of Topliss-reactive ketones (excluding diaryl/α,β-unsaturated/α-hetero) is 1. The summed E-state index contributed by atoms with van der Waals surface area (Å²) in [5.41, 5.74) is 6.79. The molecule has 8 heteroatoms. The van der Waals surface area contributed by atoms with Gasteiger partial charge in [0.15, 0.2) is 0 Å². The number of benzene rings is 6. The predicted octanol–water partition coefficient (Wildman–Crippen LogP) is 11.8. The van der Waals surface area contributed by atoms with Crippen molar-refractivity contribution in [1.29, 1.82) is 5.41 Å². The summed E-state index contributed by atoms with van der Waals surface area (Å²) in [6, 6.07) is 39.3. The van der Waals surface area contributed by atoms with Crippen LogP contribution in [-0.4, -0.2) is 41.8 Å². The zero-order valence-electron chi connectivity index (χ0n) is 36.4. The second kappa shape index (κ2) is 17.4. The van der Waals surface area contributed by atoms with Crippen LogP contribution in [-0.2, 0) is 37.9 Å². The highest BCUT2D eigenvalue weighted by atomic mass is 16.5. The van der Waals surface area contributed by atoms with Crippen LogP contribution in [0.4, 0.5) is 5.69 Å². The monoisotopic (exact) mass is 836 g/mol. The number of fused-ring (bicyclic) bond motifs is 4. The first-order valence-electron chi connectivity index (χ1n) is 21.6. The minimum Gasteiger partial charge on any atom is -0.506 e. The number of allylic oxidation sites excluding steroid dienone is 5. The van der Waals surface area contributed by atoms with Gasteiger partial charge in [0.1, 0.15) is 5.76 Å². The molecule has 0 unspecified atom stereocenters. The largest absolute Gasteiger partial charge is 0.506 e. The van der Waals surface area contributed by atoms with Gasteiger partial charge in [-0.25, -0.2) is 9.59 Å². The summed E-state index contributed by atoms with van der Waals surface area (Å²) >= 11 is 0. The number of rotatable bonds is 14. The molecule has 63 heavy (non-hydrogen) atoms. The standard InChI is InChI=1S/C55H52N2O6/c1-34-29-39-30-38(52(60)62-27-13-19-35-15-8-6-9-16-35)24-23-37(39)31-45(34)54(2,3)47(56)32-43-50(58)44(51(43)59)33-48-55(4,5)49-41-21-12-22-42(40(41)25-26-46(49)57-48)53(61)63-28-14-20-36-17-10-7-11-18-36/h6-12,15-18,21-26,29-33,56-58H,13-14,19-20,27-28H2,1-5H3/b43-32+,48-33+,56-47?. The maximum absolute atomic E-state index is 13.7. The fourth-order valence-corrected chi connectivity index (χ4v) is 8.84. The zero-order valence-corrected chi connectivity index (χ0v) is 36.4. The molecule has 0 atom stereocenters. The van der Waals surface area contributed by atoms with E-state index in [4.69, 9.17) is 9.47 Å². The molecule has 0 bridgehead atoms. The van der Waals surface area contributed by atoms with E-state index >= 15 is 0 Å². The summed E-state index contributed by atoms with van der Waals surface area (Å²) in [5.74, 6) is -1.23. The molecular weight excluding hydrogens is 785 g/mol. The van der Waals surface area contributed by atoms with E-state index < -0.39 is 10.8 Å². The fraction of sp³-hybridized carbons (Fsp3) is 0.236. The van der Waals surface area contributed by atoms with Crippen molar-refractivity contribution in [3.05, 3.63) is 195 Å². The summed E-state index contributed by atoms with van der Waals surface area (Å²) in [7, 11) is 0. The molecule has 0 fully saturated rings. The van der Waals surface area contributed by atoms with E-state index in [1.54, 1.807) is 18.2 Å². The zero-order chi connectivity index (χ0) is 44.5. The lowest BCUT2D eigenvalue weighted by molar-refractivity contribution is -0.113. The van der Waals surface area contributed by atoms with Gasteiger partial charge in [-0.15, -0.1) is 0 Å². The van der Waals surface area contributed by atoms with Crippen molar-refractivity contribution < 1.29 is 29.0 Å².